The van der Waals surface area contributed by atoms with Gasteiger partial charge in [0.15, 0.2) is 0 Å². The van der Waals surface area contributed by atoms with E-state index in [0.717, 1.165) is 0 Å². The largest absolute Gasteiger partial charge is 0.491 e. The lowest BCUT2D eigenvalue weighted by molar-refractivity contribution is 0.125. The van der Waals surface area contributed by atoms with Crippen LogP contribution in [0.4, 0.5) is 0 Å². The molecule has 2 nitrogen and oxygen atoms in total. The average Bonchev–Trinajstić information content (AvgIpc) is 2.14. The van der Waals surface area contributed by atoms with Gasteiger partial charge in [0, 0.05) is 5.02 Å². The SMILES string of the molecule is O[C@@H](CCl)COc1cccc(Cl)c1. The maximum Gasteiger partial charge on any atom is 0.120 e. The van der Waals surface area contributed by atoms with Crippen molar-refractivity contribution in [3.8, 4) is 5.75 Å². The van der Waals surface area contributed by atoms with E-state index >= 15 is 0 Å². The van der Waals surface area contributed by atoms with Crippen molar-refractivity contribution in [1.29, 1.82) is 0 Å². The molecule has 0 fully saturated rings. The number of rotatable bonds is 4. The van der Waals surface area contributed by atoms with Crippen molar-refractivity contribution >= 4 is 23.2 Å². The number of hydrogen-bond donors (Lipinski definition) is 1. The van der Waals surface area contributed by atoms with Crippen molar-refractivity contribution < 1.29 is 9.84 Å². The molecule has 0 aliphatic carbocycles. The van der Waals surface area contributed by atoms with Crippen molar-refractivity contribution in [2.24, 2.45) is 0 Å². The monoisotopic (exact) mass is 220 g/mol. The van der Waals surface area contributed by atoms with Gasteiger partial charge in [0.1, 0.15) is 18.5 Å². The molecule has 72 valence electrons. The number of hydrogen-bond acceptors (Lipinski definition) is 2. The van der Waals surface area contributed by atoms with Crippen LogP contribution in [0, 0.1) is 0 Å². The molecule has 0 heterocycles. The highest BCUT2D eigenvalue weighted by molar-refractivity contribution is 6.30. The van der Waals surface area contributed by atoms with E-state index < -0.39 is 6.10 Å². The van der Waals surface area contributed by atoms with Crippen molar-refractivity contribution in [3.05, 3.63) is 29.3 Å². The van der Waals surface area contributed by atoms with E-state index in [0.29, 0.717) is 10.8 Å². The molecule has 0 radical (unpaired) electrons. The smallest absolute Gasteiger partial charge is 0.120 e. The number of ether oxygens (including phenoxy) is 1. The first-order chi connectivity index (χ1) is 6.22. The van der Waals surface area contributed by atoms with E-state index in [9.17, 15) is 0 Å². The van der Waals surface area contributed by atoms with Gasteiger partial charge in [0.05, 0.1) is 5.88 Å². The molecule has 1 aromatic rings. The number of halogens is 2. The standard InChI is InChI=1S/C9H10Cl2O2/c10-5-8(12)6-13-9-3-1-2-7(11)4-9/h1-4,8,12H,5-6H2/t8-/m0/s1. The first kappa shape index (κ1) is 10.6. The van der Waals surface area contributed by atoms with Gasteiger partial charge < -0.3 is 9.84 Å². The quantitative estimate of drug-likeness (QED) is 0.790. The lowest BCUT2D eigenvalue weighted by atomic mass is 10.3. The summed E-state index contributed by atoms with van der Waals surface area (Å²) in [5.74, 6) is 0.803. The van der Waals surface area contributed by atoms with Crippen LogP contribution >= 0.6 is 23.2 Å². The molecule has 0 bridgehead atoms. The van der Waals surface area contributed by atoms with Crippen LogP contribution in [0.2, 0.25) is 5.02 Å². The second-order valence-electron chi connectivity index (χ2n) is 2.58. The first-order valence-corrected chi connectivity index (χ1v) is 4.76. The van der Waals surface area contributed by atoms with Crippen molar-refractivity contribution in [3.63, 3.8) is 0 Å². The number of aliphatic hydroxyl groups is 1. The Balaban J connectivity index is 2.45. The molecule has 4 heteroatoms. The Kier molecular flexibility index (Phi) is 4.36. The molecule has 0 aliphatic heterocycles. The molecular formula is C9H10Cl2O2. The normalized spacial score (nSPS) is 12.5. The van der Waals surface area contributed by atoms with Gasteiger partial charge in [-0.1, -0.05) is 17.7 Å². The zero-order valence-electron chi connectivity index (χ0n) is 6.91. The number of alkyl halides is 1. The zero-order valence-corrected chi connectivity index (χ0v) is 8.42. The van der Waals surface area contributed by atoms with Crippen LogP contribution in [-0.4, -0.2) is 23.7 Å². The Hall–Kier alpha value is -0.440. The van der Waals surface area contributed by atoms with Crippen molar-refractivity contribution in [2.45, 2.75) is 6.10 Å². The minimum atomic E-state index is -0.638. The van der Waals surface area contributed by atoms with Crippen LogP contribution in [0.5, 0.6) is 5.75 Å². The maximum absolute atomic E-state index is 9.10. The summed E-state index contributed by atoms with van der Waals surface area (Å²) < 4.78 is 5.22. The van der Waals surface area contributed by atoms with Crippen LogP contribution in [0.3, 0.4) is 0 Å². The summed E-state index contributed by atoms with van der Waals surface area (Å²) in [6.07, 6.45) is -0.638. The van der Waals surface area contributed by atoms with Gasteiger partial charge in [-0.15, -0.1) is 11.6 Å². The maximum atomic E-state index is 9.10. The van der Waals surface area contributed by atoms with Gasteiger partial charge in [-0.05, 0) is 18.2 Å². The summed E-state index contributed by atoms with van der Waals surface area (Å²) >= 11 is 11.1. The highest BCUT2D eigenvalue weighted by atomic mass is 35.5. The predicted octanol–water partition coefficient (Wildman–Crippen LogP) is 2.32. The lowest BCUT2D eigenvalue weighted by Gasteiger charge is -2.09. The highest BCUT2D eigenvalue weighted by Gasteiger charge is 2.02. The van der Waals surface area contributed by atoms with E-state index in [1.807, 2.05) is 0 Å². The fourth-order valence-electron chi connectivity index (χ4n) is 0.794. The van der Waals surface area contributed by atoms with Crippen LogP contribution < -0.4 is 4.74 Å². The third-order valence-electron chi connectivity index (χ3n) is 1.42. The molecule has 0 aliphatic rings. The van der Waals surface area contributed by atoms with Gasteiger partial charge in [0.2, 0.25) is 0 Å². The minimum Gasteiger partial charge on any atom is -0.491 e. The van der Waals surface area contributed by atoms with Gasteiger partial charge >= 0.3 is 0 Å². The predicted molar refractivity (Wildman–Crippen MR) is 53.7 cm³/mol. The van der Waals surface area contributed by atoms with Crippen molar-refractivity contribution in [2.75, 3.05) is 12.5 Å². The second kappa shape index (κ2) is 5.32. The summed E-state index contributed by atoms with van der Waals surface area (Å²) in [6.45, 7) is 0.184. The van der Waals surface area contributed by atoms with E-state index in [-0.39, 0.29) is 12.5 Å². The average molecular weight is 221 g/mol. The molecule has 0 saturated heterocycles. The van der Waals surface area contributed by atoms with Gasteiger partial charge in [-0.2, -0.15) is 0 Å². The minimum absolute atomic E-state index is 0.167. The fraction of sp³-hybridized carbons (Fsp3) is 0.333. The number of benzene rings is 1. The molecule has 0 saturated carbocycles. The third kappa shape index (κ3) is 3.85. The second-order valence-corrected chi connectivity index (χ2v) is 3.32. The Morgan fingerprint density at radius 1 is 1.46 bits per heavy atom. The molecule has 0 amide bonds. The van der Waals surface area contributed by atoms with Crippen LogP contribution in [-0.2, 0) is 0 Å². The zero-order chi connectivity index (χ0) is 9.68. The van der Waals surface area contributed by atoms with Gasteiger partial charge in [-0.25, -0.2) is 0 Å². The van der Waals surface area contributed by atoms with Crippen molar-refractivity contribution in [1.82, 2.24) is 0 Å². The fourth-order valence-corrected chi connectivity index (χ4v) is 1.06. The Bertz CT molecular complexity index is 266. The lowest BCUT2D eigenvalue weighted by Crippen LogP contribution is -2.18. The van der Waals surface area contributed by atoms with E-state index in [1.54, 1.807) is 24.3 Å². The summed E-state index contributed by atoms with van der Waals surface area (Å²) in [7, 11) is 0. The van der Waals surface area contributed by atoms with Gasteiger partial charge in [-0.3, -0.25) is 0 Å². The van der Waals surface area contributed by atoms with Crippen LogP contribution in [0.1, 0.15) is 0 Å². The van der Waals surface area contributed by atoms with E-state index in [2.05, 4.69) is 0 Å². The summed E-state index contributed by atoms with van der Waals surface area (Å²) in [5.41, 5.74) is 0. The molecule has 13 heavy (non-hydrogen) atoms. The molecular weight excluding hydrogens is 211 g/mol. The number of aliphatic hydroxyl groups excluding tert-OH is 1. The molecule has 0 aromatic heterocycles. The van der Waals surface area contributed by atoms with Gasteiger partial charge in [0.25, 0.3) is 0 Å². The molecule has 1 aromatic carbocycles. The molecule has 1 N–H and O–H groups in total. The van der Waals surface area contributed by atoms with E-state index in [1.165, 1.54) is 0 Å². The first-order valence-electron chi connectivity index (χ1n) is 3.85. The van der Waals surface area contributed by atoms with Crippen LogP contribution in [0.15, 0.2) is 24.3 Å². The highest BCUT2D eigenvalue weighted by Crippen LogP contribution is 2.17. The molecule has 1 atom stereocenters. The third-order valence-corrected chi connectivity index (χ3v) is 2.01. The Morgan fingerprint density at radius 2 is 2.23 bits per heavy atom. The Labute approximate surface area is 87.0 Å². The molecule has 0 unspecified atom stereocenters. The van der Waals surface area contributed by atoms with E-state index in [4.69, 9.17) is 33.0 Å². The molecule has 1 rings (SSSR count). The topological polar surface area (TPSA) is 29.5 Å². The summed E-state index contributed by atoms with van der Waals surface area (Å²) in [4.78, 5) is 0. The molecule has 0 spiro atoms. The Morgan fingerprint density at radius 3 is 2.85 bits per heavy atom. The summed E-state index contributed by atoms with van der Waals surface area (Å²) in [6, 6.07) is 6.99. The van der Waals surface area contributed by atoms with Crippen LogP contribution in [0.25, 0.3) is 0 Å². The summed E-state index contributed by atoms with van der Waals surface area (Å²) in [5, 5.41) is 9.71.